The number of carbonyl (C=O) groups is 3. The summed E-state index contributed by atoms with van der Waals surface area (Å²) < 4.78 is 10.1. The van der Waals surface area contributed by atoms with Crippen molar-refractivity contribution in [2.45, 2.75) is 33.5 Å². The van der Waals surface area contributed by atoms with Gasteiger partial charge in [-0.1, -0.05) is 24.3 Å². The lowest BCUT2D eigenvalue weighted by Crippen LogP contribution is -2.42. The number of carbonyl (C=O) groups excluding carboxylic acids is 3. The van der Waals surface area contributed by atoms with Crippen LogP contribution in [0.1, 0.15) is 40.9 Å². The molecule has 0 aromatic heterocycles. The molecule has 0 bridgehead atoms. The number of hydrogen-bond donors (Lipinski definition) is 1. The standard InChI is InChI=1S/C22H21NO5/c1-13-8-9-16(10-14(13)2)19(24)15-6-5-7-17(11-15)23-12-18-20(25)27-22(3,4)28-21(18)26/h5-12,23H,1-4H3. The fraction of sp³-hybridized carbons (Fsp3) is 0.227. The number of rotatable bonds is 4. The molecule has 0 amide bonds. The van der Waals surface area contributed by atoms with E-state index in [0.717, 1.165) is 11.1 Å². The van der Waals surface area contributed by atoms with Crippen LogP contribution < -0.4 is 5.32 Å². The average Bonchev–Trinajstić information content (AvgIpc) is 2.62. The van der Waals surface area contributed by atoms with Gasteiger partial charge in [0.1, 0.15) is 0 Å². The first-order chi connectivity index (χ1) is 13.2. The lowest BCUT2D eigenvalue weighted by molar-refractivity contribution is -0.222. The van der Waals surface area contributed by atoms with Gasteiger partial charge >= 0.3 is 11.9 Å². The topological polar surface area (TPSA) is 81.7 Å². The molecule has 1 N–H and O–H groups in total. The minimum absolute atomic E-state index is 0.113. The third-order valence-corrected chi connectivity index (χ3v) is 4.39. The van der Waals surface area contributed by atoms with Crippen LogP contribution in [0, 0.1) is 13.8 Å². The minimum Gasteiger partial charge on any atom is -0.419 e. The number of esters is 2. The maximum Gasteiger partial charge on any atom is 0.350 e. The Kier molecular flexibility index (Phi) is 5.05. The summed E-state index contributed by atoms with van der Waals surface area (Å²) >= 11 is 0. The number of benzene rings is 2. The predicted octanol–water partition coefficient (Wildman–Crippen LogP) is 3.67. The molecule has 3 rings (SSSR count). The monoisotopic (exact) mass is 379 g/mol. The van der Waals surface area contributed by atoms with Gasteiger partial charge in [-0.05, 0) is 43.2 Å². The van der Waals surface area contributed by atoms with E-state index < -0.39 is 17.7 Å². The molecule has 0 saturated carbocycles. The summed E-state index contributed by atoms with van der Waals surface area (Å²) in [6, 6.07) is 12.4. The molecule has 6 nitrogen and oxygen atoms in total. The van der Waals surface area contributed by atoms with Crippen molar-refractivity contribution >= 4 is 23.4 Å². The molecular formula is C22H21NO5. The molecule has 2 aromatic rings. The molecule has 1 fully saturated rings. The van der Waals surface area contributed by atoms with E-state index in [-0.39, 0.29) is 11.4 Å². The second-order valence-corrected chi connectivity index (χ2v) is 7.09. The van der Waals surface area contributed by atoms with E-state index >= 15 is 0 Å². The summed E-state index contributed by atoms with van der Waals surface area (Å²) in [5, 5.41) is 2.85. The van der Waals surface area contributed by atoms with Crippen LogP contribution in [-0.4, -0.2) is 23.5 Å². The molecule has 0 unspecified atom stereocenters. The largest absolute Gasteiger partial charge is 0.419 e. The van der Waals surface area contributed by atoms with Gasteiger partial charge in [0.05, 0.1) is 0 Å². The molecule has 6 heteroatoms. The van der Waals surface area contributed by atoms with E-state index in [9.17, 15) is 14.4 Å². The van der Waals surface area contributed by atoms with Crippen LogP contribution >= 0.6 is 0 Å². The smallest absolute Gasteiger partial charge is 0.350 e. The van der Waals surface area contributed by atoms with Gasteiger partial charge in [0.25, 0.3) is 5.79 Å². The van der Waals surface area contributed by atoms with Gasteiger partial charge < -0.3 is 14.8 Å². The number of anilines is 1. The highest BCUT2D eigenvalue weighted by molar-refractivity contribution is 6.15. The van der Waals surface area contributed by atoms with Crippen molar-refractivity contribution in [3.8, 4) is 0 Å². The Morgan fingerprint density at radius 3 is 2.21 bits per heavy atom. The van der Waals surface area contributed by atoms with Crippen molar-refractivity contribution in [2.75, 3.05) is 5.32 Å². The maximum atomic E-state index is 12.8. The molecule has 0 atom stereocenters. The highest BCUT2D eigenvalue weighted by Gasteiger charge is 2.38. The normalized spacial score (nSPS) is 15.5. The number of nitrogens with one attached hydrogen (secondary N) is 1. The van der Waals surface area contributed by atoms with Crippen LogP contribution in [0.15, 0.2) is 54.2 Å². The van der Waals surface area contributed by atoms with E-state index in [1.54, 1.807) is 30.3 Å². The second kappa shape index (κ2) is 7.31. The summed E-state index contributed by atoms with van der Waals surface area (Å²) in [5.41, 5.74) is 3.55. The molecule has 0 aliphatic carbocycles. The lowest BCUT2D eigenvalue weighted by atomic mass is 9.99. The average molecular weight is 379 g/mol. The first-order valence-electron chi connectivity index (χ1n) is 8.82. The number of cyclic esters (lactones) is 2. The number of hydrogen-bond acceptors (Lipinski definition) is 6. The molecule has 28 heavy (non-hydrogen) atoms. The Balaban J connectivity index is 1.80. The highest BCUT2D eigenvalue weighted by Crippen LogP contribution is 2.23. The molecular weight excluding hydrogens is 358 g/mol. The third-order valence-electron chi connectivity index (χ3n) is 4.39. The zero-order valence-electron chi connectivity index (χ0n) is 16.2. The molecule has 0 radical (unpaired) electrons. The zero-order chi connectivity index (χ0) is 20.5. The summed E-state index contributed by atoms with van der Waals surface area (Å²) in [6.07, 6.45) is 1.22. The lowest BCUT2D eigenvalue weighted by Gasteiger charge is -2.29. The van der Waals surface area contributed by atoms with Crippen molar-refractivity contribution in [3.63, 3.8) is 0 Å². The van der Waals surface area contributed by atoms with Crippen molar-refractivity contribution < 1.29 is 23.9 Å². The first-order valence-corrected chi connectivity index (χ1v) is 8.82. The SMILES string of the molecule is Cc1ccc(C(=O)c2cccc(NC=C3C(=O)OC(C)(C)OC3=O)c2)cc1C. The van der Waals surface area contributed by atoms with Crippen LogP contribution in [0.5, 0.6) is 0 Å². The highest BCUT2D eigenvalue weighted by atomic mass is 16.7. The van der Waals surface area contributed by atoms with Gasteiger partial charge in [-0.15, -0.1) is 0 Å². The Morgan fingerprint density at radius 2 is 1.57 bits per heavy atom. The van der Waals surface area contributed by atoms with Crippen LogP contribution in [0.4, 0.5) is 5.69 Å². The van der Waals surface area contributed by atoms with Crippen LogP contribution in [0.2, 0.25) is 0 Å². The van der Waals surface area contributed by atoms with Crippen molar-refractivity contribution in [1.82, 2.24) is 0 Å². The minimum atomic E-state index is -1.29. The fourth-order valence-electron chi connectivity index (χ4n) is 2.73. The molecule has 1 heterocycles. The predicted molar refractivity (Wildman–Crippen MR) is 104 cm³/mol. The Hall–Kier alpha value is -3.41. The van der Waals surface area contributed by atoms with Crippen LogP contribution in [-0.2, 0) is 19.1 Å². The van der Waals surface area contributed by atoms with Crippen LogP contribution in [0.3, 0.4) is 0 Å². The van der Waals surface area contributed by atoms with Gasteiger partial charge in [-0.25, -0.2) is 9.59 Å². The Morgan fingerprint density at radius 1 is 0.929 bits per heavy atom. The van der Waals surface area contributed by atoms with E-state index in [1.807, 2.05) is 26.0 Å². The molecule has 2 aromatic carbocycles. The summed E-state index contributed by atoms with van der Waals surface area (Å²) in [6.45, 7) is 6.91. The van der Waals surface area contributed by atoms with Crippen molar-refractivity contribution in [1.29, 1.82) is 0 Å². The van der Waals surface area contributed by atoms with Crippen LogP contribution in [0.25, 0.3) is 0 Å². The molecule has 144 valence electrons. The van der Waals surface area contributed by atoms with E-state index in [4.69, 9.17) is 9.47 Å². The summed E-state index contributed by atoms with van der Waals surface area (Å²) in [4.78, 5) is 36.7. The third kappa shape index (κ3) is 4.11. The van der Waals surface area contributed by atoms with E-state index in [2.05, 4.69) is 5.32 Å². The first kappa shape index (κ1) is 19.4. The fourth-order valence-corrected chi connectivity index (χ4v) is 2.73. The maximum absolute atomic E-state index is 12.8. The zero-order valence-corrected chi connectivity index (χ0v) is 16.2. The van der Waals surface area contributed by atoms with Crippen molar-refractivity contribution in [2.24, 2.45) is 0 Å². The molecule has 0 spiro atoms. The van der Waals surface area contributed by atoms with Gasteiger partial charge in [0.15, 0.2) is 11.4 Å². The Labute approximate surface area is 163 Å². The van der Waals surface area contributed by atoms with Crippen molar-refractivity contribution in [3.05, 3.63) is 76.5 Å². The second-order valence-electron chi connectivity index (χ2n) is 7.09. The Bertz CT molecular complexity index is 982. The van der Waals surface area contributed by atoms with Gasteiger partial charge in [-0.3, -0.25) is 4.79 Å². The molecule has 1 aliphatic rings. The van der Waals surface area contributed by atoms with Gasteiger partial charge in [0, 0.05) is 36.9 Å². The number of ketones is 1. The molecule has 1 aliphatic heterocycles. The number of ether oxygens (including phenoxy) is 2. The van der Waals surface area contributed by atoms with E-state index in [0.29, 0.717) is 16.8 Å². The summed E-state index contributed by atoms with van der Waals surface area (Å²) in [7, 11) is 0. The summed E-state index contributed by atoms with van der Waals surface area (Å²) in [5.74, 6) is -2.94. The van der Waals surface area contributed by atoms with Gasteiger partial charge in [0.2, 0.25) is 0 Å². The molecule has 1 saturated heterocycles. The number of aryl methyl sites for hydroxylation is 2. The van der Waals surface area contributed by atoms with Gasteiger partial charge in [-0.2, -0.15) is 0 Å². The van der Waals surface area contributed by atoms with E-state index in [1.165, 1.54) is 20.0 Å². The quantitative estimate of drug-likeness (QED) is 0.378.